The summed E-state index contributed by atoms with van der Waals surface area (Å²) in [4.78, 5) is 0. The predicted octanol–water partition coefficient (Wildman–Crippen LogP) is 5.45. The summed E-state index contributed by atoms with van der Waals surface area (Å²) >= 11 is 3.39. The summed E-state index contributed by atoms with van der Waals surface area (Å²) < 4.78 is 15.6. The van der Waals surface area contributed by atoms with E-state index in [1.807, 2.05) is 6.08 Å². The van der Waals surface area contributed by atoms with Gasteiger partial charge in [-0.15, -0.1) is 0 Å². The van der Waals surface area contributed by atoms with Crippen molar-refractivity contribution in [3.63, 3.8) is 0 Å². The van der Waals surface area contributed by atoms with Crippen LogP contribution in [-0.4, -0.2) is 0 Å². The molecule has 0 radical (unpaired) electrons. The molecule has 0 spiro atoms. The summed E-state index contributed by atoms with van der Waals surface area (Å²) in [5.41, 5.74) is 5.57. The number of hydrogen-bond acceptors (Lipinski definition) is 4. The molecule has 6 heteroatoms. The van der Waals surface area contributed by atoms with Gasteiger partial charge in [0, 0.05) is 10.4 Å². The largest absolute Gasteiger partial charge is 0.399 e. The average Bonchev–Trinajstić information content (AvgIpc) is 2.68. The number of hydrogen-bond donors (Lipinski definition) is 1. The van der Waals surface area contributed by atoms with E-state index >= 15 is 0 Å². The monoisotopic (exact) mass is 452 g/mol. The van der Waals surface area contributed by atoms with Crippen LogP contribution in [0.5, 0.6) is 0 Å². The van der Waals surface area contributed by atoms with E-state index in [9.17, 15) is 20.2 Å². The second-order valence-electron chi connectivity index (χ2n) is 8.86. The molecule has 3 rings (SSSR count). The van der Waals surface area contributed by atoms with Crippen molar-refractivity contribution in [2.45, 2.75) is 39.5 Å². The molecule has 3 atom stereocenters. The Balaban J connectivity index is 2.34. The third-order valence-electron chi connectivity index (χ3n) is 6.37. The minimum absolute atomic E-state index is 0.0101. The Labute approximate surface area is 179 Å². The van der Waals surface area contributed by atoms with Crippen LogP contribution >= 0.6 is 15.9 Å². The van der Waals surface area contributed by atoms with E-state index in [0.29, 0.717) is 28.5 Å². The Hall–Kier alpha value is -2.62. The molecule has 0 heterocycles. The number of nitriles is 3. The summed E-state index contributed by atoms with van der Waals surface area (Å²) in [7, 11) is 0. The van der Waals surface area contributed by atoms with Crippen LogP contribution in [0.1, 0.15) is 45.1 Å². The maximum Gasteiger partial charge on any atom is 0.204 e. The predicted molar refractivity (Wildman–Crippen MR) is 111 cm³/mol. The van der Waals surface area contributed by atoms with Gasteiger partial charge in [0.25, 0.3) is 0 Å². The van der Waals surface area contributed by atoms with Gasteiger partial charge >= 0.3 is 0 Å². The fourth-order valence-corrected chi connectivity index (χ4v) is 5.04. The molecule has 2 aliphatic carbocycles. The lowest BCUT2D eigenvalue weighted by molar-refractivity contribution is 0.179. The zero-order chi connectivity index (χ0) is 21.6. The first kappa shape index (κ1) is 21.1. The van der Waals surface area contributed by atoms with Gasteiger partial charge in [-0.3, -0.25) is 0 Å². The van der Waals surface area contributed by atoms with E-state index in [0.717, 1.165) is 0 Å². The summed E-state index contributed by atoms with van der Waals surface area (Å²) in [5.74, 6) is -1.15. The van der Waals surface area contributed by atoms with Gasteiger partial charge < -0.3 is 5.73 Å². The minimum atomic E-state index is -1.68. The molecule has 1 aromatic carbocycles. The van der Waals surface area contributed by atoms with Crippen molar-refractivity contribution in [3.05, 3.63) is 57.0 Å². The average molecular weight is 453 g/mol. The standard InChI is InChI=1S/C23H22BrFN4/c1-22(2,3)13-4-6-18-15(8-13)20(16-9-14(24)5-7-19(16)25)17(10-26)21(29)23(18,11-27)12-28/h5-7,9,13,15,20H,4,8,29H2,1-3H3/t13-,15-,20-/m1/s1. The molecule has 0 unspecified atom stereocenters. The van der Waals surface area contributed by atoms with E-state index < -0.39 is 17.2 Å². The van der Waals surface area contributed by atoms with E-state index in [1.165, 1.54) is 6.07 Å². The molecule has 2 N–H and O–H groups in total. The Morgan fingerprint density at radius 2 is 1.86 bits per heavy atom. The number of nitrogens with zero attached hydrogens (tertiary/aromatic N) is 3. The fraction of sp³-hybridized carbons (Fsp3) is 0.435. The van der Waals surface area contributed by atoms with Crippen molar-refractivity contribution < 1.29 is 4.39 Å². The molecule has 0 aliphatic heterocycles. The molecule has 0 saturated carbocycles. The molecule has 1 aromatic rings. The number of nitrogens with two attached hydrogens (primary N) is 1. The lowest BCUT2D eigenvalue weighted by Gasteiger charge is -2.46. The van der Waals surface area contributed by atoms with Gasteiger partial charge in [-0.05, 0) is 59.4 Å². The Kier molecular flexibility index (Phi) is 5.33. The highest BCUT2D eigenvalue weighted by Gasteiger charge is 2.53. The molecular weight excluding hydrogens is 431 g/mol. The number of allylic oxidation sites excluding steroid dienone is 3. The SMILES string of the molecule is CC(C)(C)[C@@H]1CC=C2[C@@H](C1)[C@H](c1cc(Br)ccc1F)C(C#N)=C(N)C2(C#N)C#N. The second-order valence-corrected chi connectivity index (χ2v) is 9.77. The van der Waals surface area contributed by atoms with Gasteiger partial charge in [-0.2, -0.15) is 15.8 Å². The Morgan fingerprint density at radius 3 is 2.41 bits per heavy atom. The summed E-state index contributed by atoms with van der Waals surface area (Å²) in [6, 6.07) is 10.9. The van der Waals surface area contributed by atoms with Gasteiger partial charge in [0.1, 0.15) is 5.82 Å². The molecule has 0 fully saturated rings. The molecule has 29 heavy (non-hydrogen) atoms. The smallest absolute Gasteiger partial charge is 0.204 e. The summed E-state index contributed by atoms with van der Waals surface area (Å²) in [5, 5.41) is 29.8. The van der Waals surface area contributed by atoms with Gasteiger partial charge in [-0.1, -0.05) is 42.8 Å². The summed E-state index contributed by atoms with van der Waals surface area (Å²) in [6.07, 6.45) is 3.29. The van der Waals surface area contributed by atoms with Gasteiger partial charge in [-0.25, -0.2) is 4.39 Å². The van der Waals surface area contributed by atoms with E-state index in [2.05, 4.69) is 54.9 Å². The quantitative estimate of drug-likeness (QED) is 0.572. The second kappa shape index (κ2) is 7.33. The molecular formula is C23H22BrFN4. The first-order valence-corrected chi connectivity index (χ1v) is 10.3. The first-order chi connectivity index (χ1) is 13.6. The number of halogens is 2. The topological polar surface area (TPSA) is 97.4 Å². The molecule has 0 amide bonds. The Morgan fingerprint density at radius 1 is 1.21 bits per heavy atom. The van der Waals surface area contributed by atoms with E-state index in [-0.39, 0.29) is 28.5 Å². The maximum atomic E-state index is 14.9. The van der Waals surface area contributed by atoms with Crippen molar-refractivity contribution in [3.8, 4) is 18.2 Å². The van der Waals surface area contributed by atoms with Crippen LogP contribution in [0.15, 0.2) is 45.6 Å². The molecule has 2 aliphatic rings. The van der Waals surface area contributed by atoms with Crippen LogP contribution < -0.4 is 5.73 Å². The van der Waals surface area contributed by atoms with Crippen molar-refractivity contribution in [2.24, 2.45) is 28.4 Å². The maximum absolute atomic E-state index is 14.9. The van der Waals surface area contributed by atoms with Crippen LogP contribution in [0.4, 0.5) is 4.39 Å². The number of benzene rings is 1. The van der Waals surface area contributed by atoms with Crippen LogP contribution in [0.25, 0.3) is 0 Å². The molecule has 148 valence electrons. The lowest BCUT2D eigenvalue weighted by atomic mass is 9.55. The van der Waals surface area contributed by atoms with Crippen molar-refractivity contribution in [1.29, 1.82) is 15.8 Å². The van der Waals surface area contributed by atoms with Gasteiger partial charge in [0.15, 0.2) is 0 Å². The highest BCUT2D eigenvalue weighted by atomic mass is 79.9. The first-order valence-electron chi connectivity index (χ1n) is 9.49. The van der Waals surface area contributed by atoms with Crippen LogP contribution in [0.2, 0.25) is 0 Å². The van der Waals surface area contributed by atoms with Crippen molar-refractivity contribution in [1.82, 2.24) is 0 Å². The zero-order valence-corrected chi connectivity index (χ0v) is 18.2. The van der Waals surface area contributed by atoms with Crippen molar-refractivity contribution >= 4 is 15.9 Å². The number of fused-ring (bicyclic) bond motifs is 1. The lowest BCUT2D eigenvalue weighted by Crippen LogP contribution is -2.43. The minimum Gasteiger partial charge on any atom is -0.399 e. The van der Waals surface area contributed by atoms with Crippen LogP contribution in [0.3, 0.4) is 0 Å². The molecule has 0 saturated heterocycles. The van der Waals surface area contributed by atoms with Crippen LogP contribution in [0, 0.1) is 62.5 Å². The fourth-order valence-electron chi connectivity index (χ4n) is 4.66. The van der Waals surface area contributed by atoms with E-state index in [1.54, 1.807) is 12.1 Å². The highest BCUT2D eigenvalue weighted by Crippen LogP contribution is 2.57. The van der Waals surface area contributed by atoms with Gasteiger partial charge in [0.05, 0.1) is 29.5 Å². The zero-order valence-electron chi connectivity index (χ0n) is 16.6. The van der Waals surface area contributed by atoms with Crippen LogP contribution in [-0.2, 0) is 0 Å². The normalized spacial score (nSPS) is 25.9. The molecule has 0 aromatic heterocycles. The van der Waals surface area contributed by atoms with E-state index in [4.69, 9.17) is 5.73 Å². The highest BCUT2D eigenvalue weighted by molar-refractivity contribution is 9.10. The Bertz CT molecular complexity index is 1030. The molecule has 4 nitrogen and oxygen atoms in total. The summed E-state index contributed by atoms with van der Waals surface area (Å²) in [6.45, 7) is 6.43. The number of rotatable bonds is 1. The van der Waals surface area contributed by atoms with Gasteiger partial charge in [0.2, 0.25) is 5.41 Å². The molecule has 0 bridgehead atoms. The third kappa shape index (κ3) is 3.25. The third-order valence-corrected chi connectivity index (χ3v) is 6.87. The van der Waals surface area contributed by atoms with Crippen molar-refractivity contribution in [2.75, 3.05) is 0 Å².